The maximum atomic E-state index is 13.4. The number of carbonyl (C=O) groups excluding carboxylic acids is 1. The van der Waals surface area contributed by atoms with Crippen LogP contribution < -0.4 is 4.74 Å². The van der Waals surface area contributed by atoms with E-state index in [1.165, 1.54) is 31.4 Å². The third-order valence-electron chi connectivity index (χ3n) is 2.94. The van der Waals surface area contributed by atoms with Crippen LogP contribution in [-0.2, 0) is 9.53 Å². The fourth-order valence-electron chi connectivity index (χ4n) is 2.01. The molecule has 0 bridgehead atoms. The Morgan fingerprint density at radius 1 is 1.30 bits per heavy atom. The number of esters is 1. The van der Waals surface area contributed by atoms with Gasteiger partial charge in [0.15, 0.2) is 5.75 Å². The number of methoxy groups -OCH3 is 1. The summed E-state index contributed by atoms with van der Waals surface area (Å²) in [6, 6.07) is 7.44. The van der Waals surface area contributed by atoms with Gasteiger partial charge in [-0.15, -0.1) is 0 Å². The number of fused-ring (bicyclic) bond motifs is 2. The van der Waals surface area contributed by atoms with Crippen molar-refractivity contribution in [2.75, 3.05) is 7.11 Å². The fourth-order valence-corrected chi connectivity index (χ4v) is 2.01. The first kappa shape index (κ1) is 12.3. The molecule has 0 spiro atoms. The first-order chi connectivity index (χ1) is 9.69. The van der Waals surface area contributed by atoms with Crippen LogP contribution in [0.1, 0.15) is 11.3 Å². The summed E-state index contributed by atoms with van der Waals surface area (Å²) in [5, 5.41) is 0. The molecule has 4 nitrogen and oxygen atoms in total. The summed E-state index contributed by atoms with van der Waals surface area (Å²) >= 11 is 0. The van der Waals surface area contributed by atoms with Crippen molar-refractivity contribution in [3.05, 3.63) is 53.6 Å². The van der Waals surface area contributed by atoms with E-state index < -0.39 is 11.8 Å². The maximum absolute atomic E-state index is 13.4. The van der Waals surface area contributed by atoms with Crippen molar-refractivity contribution < 1.29 is 18.7 Å². The molecule has 1 aliphatic heterocycles. The predicted octanol–water partition coefficient (Wildman–Crippen LogP) is 3.04. The summed E-state index contributed by atoms with van der Waals surface area (Å²) in [4.78, 5) is 16.1. The van der Waals surface area contributed by atoms with Crippen LogP contribution in [0.2, 0.25) is 0 Å². The number of rotatable bonds is 1. The van der Waals surface area contributed by atoms with E-state index in [-0.39, 0.29) is 5.57 Å². The Morgan fingerprint density at radius 3 is 2.95 bits per heavy atom. The number of carbonyl (C=O) groups is 1. The summed E-state index contributed by atoms with van der Waals surface area (Å²) in [5.41, 5.74) is 1.04. The number of aromatic nitrogens is 1. The zero-order valence-corrected chi connectivity index (χ0v) is 10.6. The normalized spacial score (nSPS) is 12.4. The molecule has 5 heteroatoms. The molecule has 0 saturated carbocycles. The molecule has 1 aromatic carbocycles. The molecule has 20 heavy (non-hydrogen) atoms. The van der Waals surface area contributed by atoms with Crippen LogP contribution in [-0.4, -0.2) is 18.1 Å². The van der Waals surface area contributed by atoms with Crippen molar-refractivity contribution in [2.45, 2.75) is 0 Å². The molecule has 1 aromatic heterocycles. The lowest BCUT2D eigenvalue weighted by atomic mass is 10.0. The molecule has 3 rings (SSSR count). The van der Waals surface area contributed by atoms with E-state index in [4.69, 9.17) is 9.47 Å². The van der Waals surface area contributed by atoms with Gasteiger partial charge in [0.25, 0.3) is 0 Å². The molecular formula is C15H10FNO3. The lowest BCUT2D eigenvalue weighted by Crippen LogP contribution is -2.04. The number of pyridine rings is 1. The van der Waals surface area contributed by atoms with Crippen LogP contribution in [0, 0.1) is 5.82 Å². The van der Waals surface area contributed by atoms with E-state index >= 15 is 0 Å². The molecule has 100 valence electrons. The van der Waals surface area contributed by atoms with Gasteiger partial charge >= 0.3 is 5.97 Å². The summed E-state index contributed by atoms with van der Waals surface area (Å²) in [6.07, 6.45) is 3.12. The maximum Gasteiger partial charge on any atom is 0.338 e. The largest absolute Gasteiger partial charge is 0.465 e. The minimum Gasteiger partial charge on any atom is -0.465 e. The Balaban J connectivity index is 2.27. The Morgan fingerprint density at radius 2 is 2.15 bits per heavy atom. The van der Waals surface area contributed by atoms with E-state index in [9.17, 15) is 9.18 Å². The number of hydrogen-bond acceptors (Lipinski definition) is 4. The second-order valence-electron chi connectivity index (χ2n) is 4.18. The van der Waals surface area contributed by atoms with E-state index in [0.29, 0.717) is 22.8 Å². The average Bonchev–Trinajstić information content (AvgIpc) is 2.63. The van der Waals surface area contributed by atoms with Gasteiger partial charge in [-0.1, -0.05) is 0 Å². The van der Waals surface area contributed by atoms with Gasteiger partial charge in [-0.2, -0.15) is 0 Å². The molecule has 0 aliphatic carbocycles. The molecule has 2 heterocycles. The van der Waals surface area contributed by atoms with Crippen LogP contribution in [0.3, 0.4) is 0 Å². The van der Waals surface area contributed by atoms with E-state index in [0.717, 1.165) is 0 Å². The predicted molar refractivity (Wildman–Crippen MR) is 70.6 cm³/mol. The highest BCUT2D eigenvalue weighted by Gasteiger charge is 2.23. The summed E-state index contributed by atoms with van der Waals surface area (Å²) in [7, 11) is 1.27. The van der Waals surface area contributed by atoms with Crippen molar-refractivity contribution in [1.29, 1.82) is 0 Å². The molecule has 0 fully saturated rings. The number of hydrogen-bond donors (Lipinski definition) is 0. The van der Waals surface area contributed by atoms with Gasteiger partial charge < -0.3 is 9.47 Å². The molecule has 0 radical (unpaired) electrons. The van der Waals surface area contributed by atoms with Crippen molar-refractivity contribution in [1.82, 2.24) is 4.98 Å². The van der Waals surface area contributed by atoms with E-state index in [1.54, 1.807) is 18.3 Å². The van der Waals surface area contributed by atoms with Crippen LogP contribution >= 0.6 is 0 Å². The van der Waals surface area contributed by atoms with Crippen LogP contribution in [0.4, 0.5) is 4.39 Å². The van der Waals surface area contributed by atoms with Gasteiger partial charge in [-0.05, 0) is 36.4 Å². The Labute approximate surface area is 114 Å². The quantitative estimate of drug-likeness (QED) is 0.748. The van der Waals surface area contributed by atoms with Gasteiger partial charge in [-0.25, -0.2) is 9.18 Å². The highest BCUT2D eigenvalue weighted by Crippen LogP contribution is 2.37. The highest BCUT2D eigenvalue weighted by atomic mass is 19.1. The third kappa shape index (κ3) is 2.03. The third-order valence-corrected chi connectivity index (χ3v) is 2.94. The van der Waals surface area contributed by atoms with Gasteiger partial charge in [0.05, 0.1) is 12.7 Å². The molecule has 0 atom stereocenters. The minimum atomic E-state index is -0.570. The van der Waals surface area contributed by atoms with Gasteiger partial charge in [0.1, 0.15) is 17.3 Å². The van der Waals surface area contributed by atoms with Crippen LogP contribution in [0.15, 0.2) is 36.5 Å². The van der Waals surface area contributed by atoms with Gasteiger partial charge in [0, 0.05) is 11.8 Å². The van der Waals surface area contributed by atoms with E-state index in [1.807, 2.05) is 0 Å². The molecule has 0 N–H and O–H groups in total. The molecule has 2 aromatic rings. The SMILES string of the molecule is COC(=O)C1=Cc2ncccc2Oc2ccc(F)cc21. The minimum absolute atomic E-state index is 0.208. The molecule has 0 saturated heterocycles. The van der Waals surface area contributed by atoms with E-state index in [2.05, 4.69) is 4.98 Å². The lowest BCUT2D eigenvalue weighted by Gasteiger charge is -2.09. The smallest absolute Gasteiger partial charge is 0.338 e. The van der Waals surface area contributed by atoms with Gasteiger partial charge in [0.2, 0.25) is 0 Å². The summed E-state index contributed by atoms with van der Waals surface area (Å²) in [5.74, 6) is -0.144. The summed E-state index contributed by atoms with van der Waals surface area (Å²) in [6.45, 7) is 0. The Kier molecular flexibility index (Phi) is 2.95. The topological polar surface area (TPSA) is 48.4 Å². The molecule has 0 unspecified atom stereocenters. The van der Waals surface area contributed by atoms with Crippen molar-refractivity contribution in [3.63, 3.8) is 0 Å². The molecular weight excluding hydrogens is 261 g/mol. The van der Waals surface area contributed by atoms with Crippen molar-refractivity contribution >= 4 is 17.6 Å². The van der Waals surface area contributed by atoms with Crippen molar-refractivity contribution in [3.8, 4) is 11.5 Å². The van der Waals surface area contributed by atoms with Crippen LogP contribution in [0.25, 0.3) is 11.6 Å². The number of nitrogens with zero attached hydrogens (tertiary/aromatic N) is 1. The lowest BCUT2D eigenvalue weighted by molar-refractivity contribution is -0.133. The fraction of sp³-hybridized carbons (Fsp3) is 0.0667. The first-order valence-electron chi connectivity index (χ1n) is 5.92. The molecule has 0 amide bonds. The monoisotopic (exact) mass is 271 g/mol. The Bertz CT molecular complexity index is 725. The zero-order valence-electron chi connectivity index (χ0n) is 10.6. The standard InChI is InChI=1S/C15H10FNO3/c1-19-15(18)11-8-12-14(3-2-6-17-12)20-13-5-4-9(16)7-10(11)13/h2-8H,1H3. The van der Waals surface area contributed by atoms with Gasteiger partial charge in [-0.3, -0.25) is 4.98 Å². The second kappa shape index (κ2) is 4.77. The van der Waals surface area contributed by atoms with Crippen molar-refractivity contribution in [2.24, 2.45) is 0 Å². The number of ether oxygens (including phenoxy) is 2. The summed E-state index contributed by atoms with van der Waals surface area (Å²) < 4.78 is 23.9. The van der Waals surface area contributed by atoms with Crippen LogP contribution in [0.5, 0.6) is 11.5 Å². The molecule has 1 aliphatic rings. The second-order valence-corrected chi connectivity index (χ2v) is 4.18. The number of halogens is 1. The Hall–Kier alpha value is -2.69. The zero-order chi connectivity index (χ0) is 14.1. The number of benzene rings is 1. The average molecular weight is 271 g/mol. The highest BCUT2D eigenvalue weighted by molar-refractivity contribution is 6.22. The first-order valence-corrected chi connectivity index (χ1v) is 5.92.